The zero-order valence-electron chi connectivity index (χ0n) is 11.2. The van der Waals surface area contributed by atoms with Gasteiger partial charge in [-0.25, -0.2) is 8.42 Å². The van der Waals surface area contributed by atoms with Crippen LogP contribution in [-0.4, -0.2) is 59.9 Å². The first-order valence-electron chi connectivity index (χ1n) is 6.29. The number of nitrogens with one attached hydrogen (secondary N) is 1. The van der Waals surface area contributed by atoms with E-state index in [0.29, 0.717) is 10.7 Å². The lowest BCUT2D eigenvalue weighted by atomic mass is 10.3. The van der Waals surface area contributed by atoms with E-state index >= 15 is 0 Å². The van der Waals surface area contributed by atoms with Crippen LogP contribution in [0.2, 0.25) is 0 Å². The Morgan fingerprint density at radius 3 is 2.53 bits per heavy atom. The van der Waals surface area contributed by atoms with Crippen LogP contribution in [0.15, 0.2) is 0 Å². The molecule has 1 rings (SSSR count). The van der Waals surface area contributed by atoms with Crippen LogP contribution in [0.25, 0.3) is 0 Å². The van der Waals surface area contributed by atoms with E-state index in [9.17, 15) is 13.2 Å². The summed E-state index contributed by atoms with van der Waals surface area (Å²) in [5.41, 5.74) is 0. The van der Waals surface area contributed by atoms with Crippen LogP contribution >= 0.6 is 24.0 Å². The first-order chi connectivity index (χ1) is 8.88. The summed E-state index contributed by atoms with van der Waals surface area (Å²) in [5, 5.41) is 2.75. The quantitative estimate of drug-likeness (QED) is 0.749. The molecule has 5 nitrogen and oxygen atoms in total. The molecule has 1 N–H and O–H groups in total. The molecule has 0 saturated carbocycles. The molecule has 1 saturated heterocycles. The number of nitrogens with zero attached hydrogens (tertiary/aromatic N) is 1. The molecule has 1 heterocycles. The van der Waals surface area contributed by atoms with Crippen molar-refractivity contribution in [1.82, 2.24) is 10.2 Å². The van der Waals surface area contributed by atoms with E-state index in [-0.39, 0.29) is 29.2 Å². The third kappa shape index (κ3) is 5.66. The van der Waals surface area contributed by atoms with E-state index in [1.54, 1.807) is 0 Å². The predicted molar refractivity (Wildman–Crippen MR) is 83.2 cm³/mol. The van der Waals surface area contributed by atoms with Crippen LogP contribution < -0.4 is 5.32 Å². The van der Waals surface area contributed by atoms with Crippen LogP contribution in [-0.2, 0) is 14.6 Å². The Labute approximate surface area is 124 Å². The fourth-order valence-electron chi connectivity index (χ4n) is 1.88. The standard InChI is InChI=1S/C11H20N2O3S3/c1-3-13(4-2)11(17)18-7-10(14)12-9-5-6-19(15,16)8-9/h9H,3-8H2,1-2H3,(H,12,14)/t9-/m0/s1. The van der Waals surface area contributed by atoms with Crippen molar-refractivity contribution in [2.75, 3.05) is 30.3 Å². The molecule has 1 atom stereocenters. The highest BCUT2D eigenvalue weighted by atomic mass is 32.2. The SMILES string of the molecule is CCN(CC)C(=S)SCC(=O)N[C@H]1CCS(=O)(=O)C1. The lowest BCUT2D eigenvalue weighted by Gasteiger charge is -2.20. The molecule has 0 unspecified atom stereocenters. The van der Waals surface area contributed by atoms with Gasteiger partial charge in [0.25, 0.3) is 0 Å². The lowest BCUT2D eigenvalue weighted by Crippen LogP contribution is -2.37. The van der Waals surface area contributed by atoms with E-state index in [1.807, 2.05) is 18.7 Å². The van der Waals surface area contributed by atoms with Gasteiger partial charge < -0.3 is 10.2 Å². The molecular weight excluding hydrogens is 304 g/mol. The van der Waals surface area contributed by atoms with Crippen LogP contribution in [0.5, 0.6) is 0 Å². The zero-order valence-corrected chi connectivity index (χ0v) is 13.7. The highest BCUT2D eigenvalue weighted by Gasteiger charge is 2.28. The van der Waals surface area contributed by atoms with Gasteiger partial charge in [0, 0.05) is 19.1 Å². The van der Waals surface area contributed by atoms with Gasteiger partial charge >= 0.3 is 0 Å². The third-order valence-electron chi connectivity index (χ3n) is 2.95. The summed E-state index contributed by atoms with van der Waals surface area (Å²) in [6.45, 7) is 5.68. The van der Waals surface area contributed by atoms with Gasteiger partial charge in [-0.05, 0) is 20.3 Å². The van der Waals surface area contributed by atoms with E-state index in [2.05, 4.69) is 5.32 Å². The fourth-order valence-corrected chi connectivity index (χ4v) is 4.77. The van der Waals surface area contributed by atoms with Crippen LogP contribution in [0.3, 0.4) is 0 Å². The van der Waals surface area contributed by atoms with Crippen molar-refractivity contribution in [2.24, 2.45) is 0 Å². The number of sulfone groups is 1. The molecule has 0 spiro atoms. The number of amides is 1. The van der Waals surface area contributed by atoms with E-state index in [1.165, 1.54) is 11.8 Å². The maximum Gasteiger partial charge on any atom is 0.230 e. The van der Waals surface area contributed by atoms with Gasteiger partial charge in [-0.15, -0.1) is 0 Å². The molecule has 1 aliphatic rings. The molecule has 0 radical (unpaired) electrons. The molecule has 8 heteroatoms. The minimum atomic E-state index is -2.95. The fraction of sp³-hybridized carbons (Fsp3) is 0.818. The average molecular weight is 324 g/mol. The summed E-state index contributed by atoms with van der Waals surface area (Å²) in [6.07, 6.45) is 0.513. The molecule has 0 aromatic rings. The Morgan fingerprint density at radius 1 is 1.42 bits per heavy atom. The van der Waals surface area contributed by atoms with Crippen molar-refractivity contribution < 1.29 is 13.2 Å². The zero-order chi connectivity index (χ0) is 14.5. The van der Waals surface area contributed by atoms with Crippen molar-refractivity contribution in [1.29, 1.82) is 0 Å². The van der Waals surface area contributed by atoms with Gasteiger partial charge in [-0.3, -0.25) is 4.79 Å². The number of rotatable bonds is 5. The smallest absolute Gasteiger partial charge is 0.230 e. The molecule has 110 valence electrons. The second-order valence-electron chi connectivity index (χ2n) is 4.39. The summed E-state index contributed by atoms with van der Waals surface area (Å²) in [7, 11) is -2.95. The Morgan fingerprint density at radius 2 is 2.05 bits per heavy atom. The van der Waals surface area contributed by atoms with E-state index < -0.39 is 9.84 Å². The number of thioether (sulfide) groups is 1. The van der Waals surface area contributed by atoms with Crippen LogP contribution in [0.1, 0.15) is 20.3 Å². The number of carbonyl (C=O) groups is 1. The molecular formula is C11H20N2O3S3. The van der Waals surface area contributed by atoms with E-state index in [0.717, 1.165) is 13.1 Å². The van der Waals surface area contributed by atoms with Gasteiger partial charge in [0.05, 0.1) is 17.3 Å². The maximum atomic E-state index is 11.7. The Bertz CT molecular complexity index is 432. The highest BCUT2D eigenvalue weighted by molar-refractivity contribution is 8.23. The molecule has 1 fully saturated rings. The molecule has 0 bridgehead atoms. The van der Waals surface area contributed by atoms with Crippen molar-refractivity contribution in [3.63, 3.8) is 0 Å². The van der Waals surface area contributed by atoms with Crippen molar-refractivity contribution in [2.45, 2.75) is 26.3 Å². The second kappa shape index (κ2) is 7.44. The van der Waals surface area contributed by atoms with Gasteiger partial charge in [0.15, 0.2) is 9.84 Å². The molecule has 0 aromatic heterocycles. The average Bonchev–Trinajstić information content (AvgIpc) is 2.67. The summed E-state index contributed by atoms with van der Waals surface area (Å²) < 4.78 is 23.3. The van der Waals surface area contributed by atoms with Gasteiger partial charge in [0.1, 0.15) is 4.32 Å². The summed E-state index contributed by atoms with van der Waals surface area (Å²) in [4.78, 5) is 13.7. The van der Waals surface area contributed by atoms with Crippen LogP contribution in [0.4, 0.5) is 0 Å². The number of hydrogen-bond donors (Lipinski definition) is 1. The molecule has 0 aliphatic carbocycles. The summed E-state index contributed by atoms with van der Waals surface area (Å²) >= 11 is 6.55. The Hall–Kier alpha value is -0.340. The third-order valence-corrected chi connectivity index (χ3v) is 6.24. The van der Waals surface area contributed by atoms with Crippen molar-refractivity contribution in [3.8, 4) is 0 Å². The molecule has 1 amide bonds. The number of thiocarbonyl (C=S) groups is 1. The first kappa shape index (κ1) is 16.7. The Balaban J connectivity index is 2.31. The van der Waals surface area contributed by atoms with E-state index in [4.69, 9.17) is 12.2 Å². The van der Waals surface area contributed by atoms with Crippen molar-refractivity contribution >= 4 is 44.0 Å². The second-order valence-corrected chi connectivity index (χ2v) is 8.23. The minimum absolute atomic E-state index is 0.0594. The maximum absolute atomic E-state index is 11.7. The first-order valence-corrected chi connectivity index (χ1v) is 9.51. The Kier molecular flexibility index (Phi) is 6.55. The minimum Gasteiger partial charge on any atom is -0.358 e. The van der Waals surface area contributed by atoms with Gasteiger partial charge in [0.2, 0.25) is 5.91 Å². The number of hydrogen-bond acceptors (Lipinski definition) is 5. The summed E-state index contributed by atoms with van der Waals surface area (Å²) in [6, 6.07) is -0.236. The topological polar surface area (TPSA) is 66.5 Å². The van der Waals surface area contributed by atoms with Gasteiger partial charge in [-0.2, -0.15) is 0 Å². The summed E-state index contributed by atoms with van der Waals surface area (Å²) in [5.74, 6) is 0.320. The monoisotopic (exact) mass is 324 g/mol. The molecule has 0 aromatic carbocycles. The molecule has 1 aliphatic heterocycles. The molecule has 19 heavy (non-hydrogen) atoms. The number of carbonyl (C=O) groups excluding carboxylic acids is 1. The van der Waals surface area contributed by atoms with Crippen molar-refractivity contribution in [3.05, 3.63) is 0 Å². The lowest BCUT2D eigenvalue weighted by molar-refractivity contribution is -0.119. The van der Waals surface area contributed by atoms with Crippen LogP contribution in [0, 0.1) is 0 Å². The van der Waals surface area contributed by atoms with Gasteiger partial charge in [-0.1, -0.05) is 24.0 Å². The largest absolute Gasteiger partial charge is 0.358 e. The highest BCUT2D eigenvalue weighted by Crippen LogP contribution is 2.13. The predicted octanol–water partition coefficient (Wildman–Crippen LogP) is 0.650. The normalized spacial score (nSPS) is 21.1.